The lowest BCUT2D eigenvalue weighted by Gasteiger charge is -2.34. The van der Waals surface area contributed by atoms with Crippen LogP contribution in [0, 0.1) is 11.8 Å². The lowest BCUT2D eigenvalue weighted by Crippen LogP contribution is -2.42. The normalized spacial score (nSPS) is 19.7. The van der Waals surface area contributed by atoms with E-state index in [1.807, 2.05) is 25.1 Å². The molecule has 2 unspecified atom stereocenters. The number of thiazole rings is 1. The second kappa shape index (κ2) is 9.17. The molecule has 1 fully saturated rings. The van der Waals surface area contributed by atoms with Gasteiger partial charge in [0.15, 0.2) is 5.13 Å². The van der Waals surface area contributed by atoms with E-state index in [2.05, 4.69) is 24.1 Å². The van der Waals surface area contributed by atoms with Crippen LogP contribution in [0.5, 0.6) is 5.75 Å². The first kappa shape index (κ1) is 22.7. The first-order valence-electron chi connectivity index (χ1n) is 10.7. The number of hydrogen-bond donors (Lipinski definition) is 1. The SMILES string of the molecule is CCOc1ccc2nc(NC(=O)c3ccc(S(=O)(=O)N4CC(C)CC(C)C4)cc3)sc2c1. The van der Waals surface area contributed by atoms with Crippen LogP contribution in [0.3, 0.4) is 0 Å². The van der Waals surface area contributed by atoms with Gasteiger partial charge in [0, 0.05) is 18.7 Å². The number of anilines is 1. The zero-order valence-corrected chi connectivity index (χ0v) is 20.0. The largest absolute Gasteiger partial charge is 0.494 e. The molecule has 1 saturated heterocycles. The van der Waals surface area contributed by atoms with Gasteiger partial charge >= 0.3 is 0 Å². The number of nitrogens with one attached hydrogen (secondary N) is 1. The number of amides is 1. The average Bonchev–Trinajstić information content (AvgIpc) is 3.15. The summed E-state index contributed by atoms with van der Waals surface area (Å²) in [5.74, 6) is 1.09. The monoisotopic (exact) mass is 473 g/mol. The smallest absolute Gasteiger partial charge is 0.257 e. The van der Waals surface area contributed by atoms with Gasteiger partial charge in [-0.2, -0.15) is 4.31 Å². The lowest BCUT2D eigenvalue weighted by molar-refractivity contribution is 0.102. The van der Waals surface area contributed by atoms with Crippen molar-refractivity contribution in [2.75, 3.05) is 25.0 Å². The summed E-state index contributed by atoms with van der Waals surface area (Å²) in [5.41, 5.74) is 1.15. The van der Waals surface area contributed by atoms with Gasteiger partial charge in [-0.1, -0.05) is 25.2 Å². The molecule has 1 amide bonds. The fourth-order valence-corrected chi connectivity index (χ4v) is 6.68. The van der Waals surface area contributed by atoms with E-state index in [1.54, 1.807) is 16.4 Å². The van der Waals surface area contributed by atoms with Gasteiger partial charge < -0.3 is 4.74 Å². The molecule has 170 valence electrons. The highest BCUT2D eigenvalue weighted by Crippen LogP contribution is 2.30. The summed E-state index contributed by atoms with van der Waals surface area (Å²) >= 11 is 1.36. The molecule has 1 aliphatic heterocycles. The zero-order chi connectivity index (χ0) is 22.9. The minimum Gasteiger partial charge on any atom is -0.494 e. The van der Waals surface area contributed by atoms with Crippen LogP contribution < -0.4 is 10.1 Å². The first-order chi connectivity index (χ1) is 15.3. The highest BCUT2D eigenvalue weighted by atomic mass is 32.2. The van der Waals surface area contributed by atoms with Crippen molar-refractivity contribution >= 4 is 42.6 Å². The third kappa shape index (κ3) is 4.79. The Morgan fingerprint density at radius 3 is 2.50 bits per heavy atom. The van der Waals surface area contributed by atoms with Crippen LogP contribution in [0.1, 0.15) is 37.6 Å². The molecule has 0 aliphatic carbocycles. The van der Waals surface area contributed by atoms with Crippen LogP contribution in [0.2, 0.25) is 0 Å². The topological polar surface area (TPSA) is 88.6 Å². The number of carbonyl (C=O) groups is 1. The number of fused-ring (bicyclic) bond motifs is 1. The lowest BCUT2D eigenvalue weighted by atomic mass is 9.94. The zero-order valence-electron chi connectivity index (χ0n) is 18.4. The summed E-state index contributed by atoms with van der Waals surface area (Å²) in [6.45, 7) is 7.70. The summed E-state index contributed by atoms with van der Waals surface area (Å²) in [7, 11) is -3.58. The van der Waals surface area contributed by atoms with Gasteiger partial charge in [-0.05, 0) is 67.6 Å². The van der Waals surface area contributed by atoms with Crippen molar-refractivity contribution in [3.8, 4) is 5.75 Å². The van der Waals surface area contributed by atoms with Gasteiger partial charge in [0.05, 0.1) is 21.7 Å². The van der Waals surface area contributed by atoms with Gasteiger partial charge in [-0.15, -0.1) is 0 Å². The minimum absolute atomic E-state index is 0.207. The molecule has 1 N–H and O–H groups in total. The fraction of sp³-hybridized carbons (Fsp3) is 0.391. The molecule has 2 heterocycles. The van der Waals surface area contributed by atoms with Crippen molar-refractivity contribution in [2.24, 2.45) is 11.8 Å². The summed E-state index contributed by atoms with van der Waals surface area (Å²) in [6, 6.07) is 11.7. The molecule has 0 radical (unpaired) electrons. The first-order valence-corrected chi connectivity index (χ1v) is 13.0. The molecule has 3 aromatic rings. The van der Waals surface area contributed by atoms with Crippen LogP contribution in [0.15, 0.2) is 47.4 Å². The van der Waals surface area contributed by atoms with Gasteiger partial charge in [0.2, 0.25) is 10.0 Å². The van der Waals surface area contributed by atoms with Crippen molar-refractivity contribution in [3.63, 3.8) is 0 Å². The molecule has 0 bridgehead atoms. The summed E-state index contributed by atoms with van der Waals surface area (Å²) in [5, 5.41) is 3.28. The van der Waals surface area contributed by atoms with Gasteiger partial charge in [-0.25, -0.2) is 13.4 Å². The van der Waals surface area contributed by atoms with E-state index < -0.39 is 10.0 Å². The van der Waals surface area contributed by atoms with Crippen molar-refractivity contribution in [1.29, 1.82) is 0 Å². The average molecular weight is 474 g/mol. The van der Waals surface area contributed by atoms with Gasteiger partial charge in [0.1, 0.15) is 5.75 Å². The number of ether oxygens (including phenoxy) is 1. The van der Waals surface area contributed by atoms with Crippen LogP contribution >= 0.6 is 11.3 Å². The number of rotatable bonds is 6. The standard InChI is InChI=1S/C23H27N3O4S2/c1-4-30-18-7-10-20-21(12-18)31-23(24-20)25-22(27)17-5-8-19(9-6-17)32(28,29)26-13-15(2)11-16(3)14-26/h5-10,12,15-16H,4,11,13-14H2,1-3H3,(H,24,25,27). The molecular formula is C23H27N3O4S2. The van der Waals surface area contributed by atoms with Crippen molar-refractivity contribution in [1.82, 2.24) is 9.29 Å². The number of hydrogen-bond acceptors (Lipinski definition) is 6. The Hall–Kier alpha value is -2.49. The van der Waals surface area contributed by atoms with Crippen molar-refractivity contribution < 1.29 is 17.9 Å². The molecule has 32 heavy (non-hydrogen) atoms. The Morgan fingerprint density at radius 2 is 1.84 bits per heavy atom. The Kier molecular flexibility index (Phi) is 6.50. The van der Waals surface area contributed by atoms with Crippen LogP contribution in [0.4, 0.5) is 5.13 Å². The summed E-state index contributed by atoms with van der Waals surface area (Å²) < 4.78 is 34.0. The third-order valence-electron chi connectivity index (χ3n) is 5.48. The van der Waals surface area contributed by atoms with Crippen molar-refractivity contribution in [3.05, 3.63) is 48.0 Å². The van der Waals surface area contributed by atoms with E-state index in [0.717, 1.165) is 22.4 Å². The molecule has 2 atom stereocenters. The number of carbonyl (C=O) groups excluding carboxylic acids is 1. The Balaban J connectivity index is 1.48. The number of aromatic nitrogens is 1. The van der Waals surface area contributed by atoms with Crippen molar-refractivity contribution in [2.45, 2.75) is 32.1 Å². The minimum atomic E-state index is -3.58. The molecule has 2 aromatic carbocycles. The van der Waals surface area contributed by atoms with E-state index in [-0.39, 0.29) is 10.8 Å². The van der Waals surface area contributed by atoms with Crippen LogP contribution in [0.25, 0.3) is 10.2 Å². The van der Waals surface area contributed by atoms with E-state index in [1.165, 1.54) is 23.5 Å². The molecular weight excluding hydrogens is 446 g/mol. The molecule has 1 aliphatic rings. The Morgan fingerprint density at radius 1 is 1.16 bits per heavy atom. The Bertz CT molecular complexity index is 1210. The number of sulfonamides is 1. The summed E-state index contributed by atoms with van der Waals surface area (Å²) in [4.78, 5) is 17.3. The van der Waals surface area contributed by atoms with Crippen LogP contribution in [-0.4, -0.2) is 43.3 Å². The molecule has 7 nitrogen and oxygen atoms in total. The number of nitrogens with zero attached hydrogens (tertiary/aromatic N) is 2. The summed E-state index contributed by atoms with van der Waals surface area (Å²) in [6.07, 6.45) is 1.03. The molecule has 9 heteroatoms. The van der Waals surface area contributed by atoms with E-state index >= 15 is 0 Å². The molecule has 0 spiro atoms. The van der Waals surface area contributed by atoms with Gasteiger partial charge in [-0.3, -0.25) is 10.1 Å². The third-order valence-corrected chi connectivity index (χ3v) is 8.26. The van der Waals surface area contributed by atoms with E-state index in [0.29, 0.717) is 42.2 Å². The highest BCUT2D eigenvalue weighted by molar-refractivity contribution is 7.89. The number of benzene rings is 2. The predicted molar refractivity (Wildman–Crippen MR) is 127 cm³/mol. The quantitative estimate of drug-likeness (QED) is 0.565. The fourth-order valence-electron chi connectivity index (χ4n) is 4.11. The maximum atomic E-state index is 13.0. The van der Waals surface area contributed by atoms with E-state index in [4.69, 9.17) is 4.74 Å². The molecule has 0 saturated carbocycles. The van der Waals surface area contributed by atoms with Gasteiger partial charge in [0.25, 0.3) is 5.91 Å². The number of piperidine rings is 1. The predicted octanol–water partition coefficient (Wildman–Crippen LogP) is 4.61. The van der Waals surface area contributed by atoms with Crippen LogP contribution in [-0.2, 0) is 10.0 Å². The Labute approximate surface area is 192 Å². The molecule has 1 aromatic heterocycles. The maximum Gasteiger partial charge on any atom is 0.257 e. The highest BCUT2D eigenvalue weighted by Gasteiger charge is 2.31. The molecule has 4 rings (SSSR count). The van der Waals surface area contributed by atoms with E-state index in [9.17, 15) is 13.2 Å². The maximum absolute atomic E-state index is 13.0. The second-order valence-corrected chi connectivity index (χ2v) is 11.3. The second-order valence-electron chi connectivity index (χ2n) is 8.33.